The third-order valence-electron chi connectivity index (χ3n) is 3.72. The number of nitrogens with zero attached hydrogens (tertiary/aromatic N) is 1. The van der Waals surface area contributed by atoms with Gasteiger partial charge in [-0.2, -0.15) is 0 Å². The minimum atomic E-state index is -0.523. The van der Waals surface area contributed by atoms with Crippen molar-refractivity contribution in [3.63, 3.8) is 0 Å². The molecular weight excluding hydrogens is 322 g/mol. The summed E-state index contributed by atoms with van der Waals surface area (Å²) in [5, 5.41) is 10.7. The summed E-state index contributed by atoms with van der Waals surface area (Å²) in [6, 6.07) is 5.18. The highest BCUT2D eigenvalue weighted by Gasteiger charge is 2.23. The van der Waals surface area contributed by atoms with Crippen LogP contribution in [-0.4, -0.2) is 4.92 Å². The van der Waals surface area contributed by atoms with Crippen molar-refractivity contribution >= 4 is 21.8 Å². The predicted molar refractivity (Wildman–Crippen MR) is 81.5 cm³/mol. The topological polar surface area (TPSA) is 56.3 Å². The molecule has 2 rings (SSSR count). The zero-order valence-corrected chi connectivity index (χ0v) is 13.4. The number of hydrogen-bond donors (Lipinski definition) is 0. The van der Waals surface area contributed by atoms with Gasteiger partial charge in [-0.25, -0.2) is 0 Å². The minimum Gasteiger partial charge on any atom is -0.404 e. The van der Waals surface area contributed by atoms with Gasteiger partial charge in [0, 0.05) is 0 Å². The summed E-state index contributed by atoms with van der Waals surface area (Å²) >= 11 is 3.61. The molecule has 0 aliphatic heterocycles. The Morgan fingerprint density at radius 1 is 1.15 bits per heavy atom. The number of nitro groups is 1. The summed E-state index contributed by atoms with van der Waals surface area (Å²) in [7, 11) is 0. The van der Waals surface area contributed by atoms with E-state index >= 15 is 0 Å². The molecule has 0 aliphatic rings. The van der Waals surface area contributed by atoms with Crippen LogP contribution in [0.4, 0.5) is 5.88 Å². The number of rotatable bonds is 3. The normalized spacial score (nSPS) is 12.4. The molecule has 0 fully saturated rings. The largest absolute Gasteiger partial charge is 0.433 e. The predicted octanol–water partition coefficient (Wildman–Crippen LogP) is 4.91. The summed E-state index contributed by atoms with van der Waals surface area (Å²) in [5.41, 5.74) is 5.87. The van der Waals surface area contributed by atoms with Gasteiger partial charge in [0.05, 0.1) is 10.9 Å². The van der Waals surface area contributed by atoms with Crippen LogP contribution in [0.1, 0.15) is 38.4 Å². The average Bonchev–Trinajstić information content (AvgIpc) is 2.86. The molecule has 4 nitrogen and oxygen atoms in total. The first-order valence-electron chi connectivity index (χ1n) is 6.28. The fourth-order valence-corrected chi connectivity index (χ4v) is 3.28. The lowest BCUT2D eigenvalue weighted by Crippen LogP contribution is -2.02. The van der Waals surface area contributed by atoms with E-state index in [0.717, 1.165) is 5.56 Å². The van der Waals surface area contributed by atoms with Gasteiger partial charge in [-0.1, -0.05) is 22.0 Å². The first-order chi connectivity index (χ1) is 9.32. The Labute approximate surface area is 126 Å². The molecule has 1 unspecified atom stereocenters. The molecule has 106 valence electrons. The maximum Gasteiger partial charge on any atom is 0.433 e. The average molecular weight is 338 g/mol. The Hall–Kier alpha value is -1.62. The molecule has 20 heavy (non-hydrogen) atoms. The number of halogens is 1. The number of aryl methyl sites for hydroxylation is 2. The molecule has 0 radical (unpaired) electrons. The first-order valence-corrected chi connectivity index (χ1v) is 7.20. The Balaban J connectivity index is 2.52. The highest BCUT2D eigenvalue weighted by atomic mass is 79.9. The van der Waals surface area contributed by atoms with Crippen LogP contribution in [0, 0.1) is 37.8 Å². The van der Waals surface area contributed by atoms with Crippen LogP contribution in [0.3, 0.4) is 0 Å². The maximum absolute atomic E-state index is 10.7. The van der Waals surface area contributed by atoms with Crippen LogP contribution in [0.15, 0.2) is 22.6 Å². The fourth-order valence-electron chi connectivity index (χ4n) is 2.35. The molecule has 0 saturated heterocycles. The molecule has 1 atom stereocenters. The van der Waals surface area contributed by atoms with Gasteiger partial charge < -0.3 is 4.42 Å². The van der Waals surface area contributed by atoms with E-state index in [2.05, 4.69) is 49.7 Å². The van der Waals surface area contributed by atoms with Gasteiger partial charge in [0.2, 0.25) is 0 Å². The SMILES string of the molecule is Cc1cc(C)c(C)c(C(Br)c2ccc([N+](=O)[O-])o2)c1C. The molecule has 0 N–H and O–H groups in total. The van der Waals surface area contributed by atoms with Crippen LogP contribution < -0.4 is 0 Å². The zero-order valence-electron chi connectivity index (χ0n) is 11.9. The molecule has 0 amide bonds. The van der Waals surface area contributed by atoms with E-state index in [9.17, 15) is 10.1 Å². The van der Waals surface area contributed by atoms with Gasteiger partial charge >= 0.3 is 5.88 Å². The number of alkyl halides is 1. The highest BCUT2D eigenvalue weighted by Crippen LogP contribution is 2.38. The van der Waals surface area contributed by atoms with Crippen molar-refractivity contribution in [2.24, 2.45) is 0 Å². The van der Waals surface area contributed by atoms with Crippen molar-refractivity contribution in [2.45, 2.75) is 32.5 Å². The van der Waals surface area contributed by atoms with E-state index in [0.29, 0.717) is 5.76 Å². The lowest BCUT2D eigenvalue weighted by atomic mass is 9.92. The maximum atomic E-state index is 10.7. The van der Waals surface area contributed by atoms with Crippen LogP contribution in [0.5, 0.6) is 0 Å². The Bertz CT molecular complexity index is 650. The standard InChI is InChI=1S/C15H16BrNO3/c1-8-7-9(2)11(4)14(10(8)3)15(16)12-5-6-13(20-12)17(18)19/h5-7,15H,1-4H3. The van der Waals surface area contributed by atoms with Crippen molar-refractivity contribution in [3.05, 3.63) is 61.9 Å². The van der Waals surface area contributed by atoms with Crippen LogP contribution >= 0.6 is 15.9 Å². The first kappa shape index (κ1) is 14.8. The van der Waals surface area contributed by atoms with E-state index in [1.807, 2.05) is 0 Å². The zero-order chi connectivity index (χ0) is 15.0. The second-order valence-corrected chi connectivity index (χ2v) is 5.89. The van der Waals surface area contributed by atoms with Gasteiger partial charge in [0.25, 0.3) is 0 Å². The lowest BCUT2D eigenvalue weighted by Gasteiger charge is -2.18. The van der Waals surface area contributed by atoms with Gasteiger partial charge in [-0.15, -0.1) is 0 Å². The third kappa shape index (κ3) is 2.50. The minimum absolute atomic E-state index is 0.185. The van der Waals surface area contributed by atoms with Crippen molar-refractivity contribution in [3.8, 4) is 0 Å². The van der Waals surface area contributed by atoms with E-state index in [1.165, 1.54) is 28.3 Å². The van der Waals surface area contributed by atoms with E-state index in [-0.39, 0.29) is 10.7 Å². The van der Waals surface area contributed by atoms with E-state index in [4.69, 9.17) is 4.42 Å². The van der Waals surface area contributed by atoms with Gasteiger partial charge in [0.1, 0.15) is 10.7 Å². The smallest absolute Gasteiger partial charge is 0.404 e. The van der Waals surface area contributed by atoms with Crippen LogP contribution in [0.25, 0.3) is 0 Å². The molecule has 5 heteroatoms. The molecule has 1 heterocycles. The fraction of sp³-hybridized carbons (Fsp3) is 0.333. The monoisotopic (exact) mass is 337 g/mol. The second-order valence-electron chi connectivity index (χ2n) is 4.97. The summed E-state index contributed by atoms with van der Waals surface area (Å²) in [4.78, 5) is 10.0. The van der Waals surface area contributed by atoms with E-state index in [1.54, 1.807) is 6.07 Å². The Morgan fingerprint density at radius 3 is 2.15 bits per heavy atom. The Kier molecular flexibility index (Phi) is 3.99. The highest BCUT2D eigenvalue weighted by molar-refractivity contribution is 9.09. The summed E-state index contributed by atoms with van der Waals surface area (Å²) in [5.74, 6) is 0.317. The molecule has 0 spiro atoms. The summed E-state index contributed by atoms with van der Waals surface area (Å²) in [6.45, 7) is 8.25. The van der Waals surface area contributed by atoms with Crippen molar-refractivity contribution in [1.82, 2.24) is 0 Å². The van der Waals surface area contributed by atoms with E-state index < -0.39 is 4.92 Å². The van der Waals surface area contributed by atoms with Gasteiger partial charge in [-0.05, 0) is 61.6 Å². The number of furan rings is 1. The van der Waals surface area contributed by atoms with Gasteiger partial charge in [-0.3, -0.25) is 10.1 Å². The van der Waals surface area contributed by atoms with Crippen molar-refractivity contribution in [1.29, 1.82) is 0 Å². The molecular formula is C15H16BrNO3. The number of benzene rings is 1. The van der Waals surface area contributed by atoms with Crippen LogP contribution in [-0.2, 0) is 0 Å². The molecule has 1 aromatic carbocycles. The molecule has 0 saturated carbocycles. The van der Waals surface area contributed by atoms with Crippen LogP contribution in [0.2, 0.25) is 0 Å². The van der Waals surface area contributed by atoms with Gasteiger partial charge in [0.15, 0.2) is 0 Å². The molecule has 1 aromatic heterocycles. The molecule has 2 aromatic rings. The molecule has 0 aliphatic carbocycles. The quantitative estimate of drug-likeness (QED) is 0.454. The summed E-state index contributed by atoms with van der Waals surface area (Å²) < 4.78 is 5.31. The Morgan fingerprint density at radius 2 is 1.70 bits per heavy atom. The third-order valence-corrected chi connectivity index (χ3v) is 4.63. The number of hydrogen-bond acceptors (Lipinski definition) is 3. The summed E-state index contributed by atoms with van der Waals surface area (Å²) in [6.07, 6.45) is 0. The molecule has 0 bridgehead atoms. The lowest BCUT2D eigenvalue weighted by molar-refractivity contribution is -0.402. The van der Waals surface area contributed by atoms with Crippen molar-refractivity contribution < 1.29 is 9.34 Å². The van der Waals surface area contributed by atoms with Crippen molar-refractivity contribution in [2.75, 3.05) is 0 Å². The second kappa shape index (κ2) is 5.40.